The first kappa shape index (κ1) is 21.2. The van der Waals surface area contributed by atoms with E-state index in [0.29, 0.717) is 26.9 Å². The maximum Gasteiger partial charge on any atom is 0.337 e. The van der Waals surface area contributed by atoms with E-state index in [0.717, 1.165) is 0 Å². The van der Waals surface area contributed by atoms with Crippen LogP contribution in [0.4, 0.5) is 5.69 Å². The highest BCUT2D eigenvalue weighted by Crippen LogP contribution is 2.41. The van der Waals surface area contributed by atoms with Crippen LogP contribution in [0.15, 0.2) is 75.9 Å². The highest BCUT2D eigenvalue weighted by Gasteiger charge is 2.43. The lowest BCUT2D eigenvalue weighted by Gasteiger charge is -2.25. The monoisotopic (exact) mass is 479 g/mol. The maximum atomic E-state index is 13.6. The Labute approximate surface area is 197 Å². The van der Waals surface area contributed by atoms with Crippen molar-refractivity contribution in [2.45, 2.75) is 6.04 Å². The first-order valence-corrected chi connectivity index (χ1v) is 10.7. The van der Waals surface area contributed by atoms with Crippen molar-refractivity contribution >= 4 is 51.7 Å². The molecule has 33 heavy (non-hydrogen) atoms. The summed E-state index contributed by atoms with van der Waals surface area (Å²) in [4.78, 5) is 40.4. The summed E-state index contributed by atoms with van der Waals surface area (Å²) in [5, 5.41) is 1.09. The van der Waals surface area contributed by atoms with E-state index in [1.807, 2.05) is 0 Å². The lowest BCUT2D eigenvalue weighted by atomic mass is 9.97. The van der Waals surface area contributed by atoms with E-state index in [1.54, 1.807) is 60.7 Å². The zero-order chi connectivity index (χ0) is 23.3. The summed E-state index contributed by atoms with van der Waals surface area (Å²) in [6, 6.07) is 17.2. The van der Waals surface area contributed by atoms with E-state index in [2.05, 4.69) is 0 Å². The minimum atomic E-state index is -0.794. The number of carbonyl (C=O) groups excluding carboxylic acids is 2. The summed E-state index contributed by atoms with van der Waals surface area (Å²) in [6.07, 6.45) is 0. The van der Waals surface area contributed by atoms with Gasteiger partial charge in [0.25, 0.3) is 5.91 Å². The van der Waals surface area contributed by atoms with Crippen molar-refractivity contribution in [3.8, 4) is 0 Å². The number of esters is 1. The van der Waals surface area contributed by atoms with Gasteiger partial charge in [-0.05, 0) is 54.1 Å². The number of hydrogen-bond donors (Lipinski definition) is 0. The van der Waals surface area contributed by atoms with Crippen molar-refractivity contribution < 1.29 is 18.7 Å². The van der Waals surface area contributed by atoms with Crippen LogP contribution >= 0.6 is 23.2 Å². The van der Waals surface area contributed by atoms with E-state index in [-0.39, 0.29) is 27.7 Å². The summed E-state index contributed by atoms with van der Waals surface area (Å²) in [5.74, 6) is -1.00. The first-order chi connectivity index (χ1) is 15.9. The Morgan fingerprint density at radius 3 is 2.39 bits per heavy atom. The van der Waals surface area contributed by atoms with Crippen molar-refractivity contribution in [2.24, 2.45) is 0 Å². The molecule has 4 aromatic rings. The third-order valence-corrected chi connectivity index (χ3v) is 6.04. The van der Waals surface area contributed by atoms with Gasteiger partial charge in [0.2, 0.25) is 5.76 Å². The van der Waals surface area contributed by atoms with E-state index in [1.165, 1.54) is 18.1 Å². The molecule has 1 aliphatic rings. The Morgan fingerprint density at radius 1 is 0.970 bits per heavy atom. The standard InChI is InChI=1S/C25H15Cl2NO5/c1-32-25(31)14-7-5-13(6-8-14)21-20-22(29)18-12-16(27)9-10-19(18)33-23(20)24(30)28(21)17-4-2-3-15(26)11-17/h2-12,21H,1H3. The van der Waals surface area contributed by atoms with Crippen LogP contribution in [-0.4, -0.2) is 19.0 Å². The minimum Gasteiger partial charge on any atom is -0.465 e. The molecule has 164 valence electrons. The highest BCUT2D eigenvalue weighted by atomic mass is 35.5. The van der Waals surface area contributed by atoms with Gasteiger partial charge in [-0.3, -0.25) is 14.5 Å². The molecule has 1 aliphatic heterocycles. The number of carbonyl (C=O) groups is 2. The van der Waals surface area contributed by atoms with Crippen LogP contribution in [0.1, 0.15) is 38.1 Å². The Kier molecular flexibility index (Phi) is 5.19. The number of ether oxygens (including phenoxy) is 1. The molecule has 0 radical (unpaired) electrons. The van der Waals surface area contributed by atoms with Gasteiger partial charge in [0.1, 0.15) is 5.58 Å². The third-order valence-electron chi connectivity index (χ3n) is 5.57. The van der Waals surface area contributed by atoms with Gasteiger partial charge in [-0.1, -0.05) is 41.4 Å². The SMILES string of the molecule is COC(=O)c1ccc(C2c3c(oc4ccc(Cl)cc4c3=O)C(=O)N2c2cccc(Cl)c2)cc1. The summed E-state index contributed by atoms with van der Waals surface area (Å²) < 4.78 is 10.7. The van der Waals surface area contributed by atoms with E-state index >= 15 is 0 Å². The van der Waals surface area contributed by atoms with Crippen LogP contribution in [0.5, 0.6) is 0 Å². The van der Waals surface area contributed by atoms with Gasteiger partial charge < -0.3 is 9.15 Å². The molecule has 3 aromatic carbocycles. The molecule has 0 fully saturated rings. The molecule has 5 rings (SSSR count). The van der Waals surface area contributed by atoms with Crippen LogP contribution in [0, 0.1) is 0 Å². The molecule has 1 atom stereocenters. The van der Waals surface area contributed by atoms with Crippen molar-refractivity contribution in [3.05, 3.63) is 109 Å². The molecule has 0 N–H and O–H groups in total. The van der Waals surface area contributed by atoms with Crippen LogP contribution in [0.25, 0.3) is 11.0 Å². The van der Waals surface area contributed by atoms with Gasteiger partial charge in [0.15, 0.2) is 5.43 Å². The second-order valence-electron chi connectivity index (χ2n) is 7.49. The molecular formula is C25H15Cl2NO5. The number of benzene rings is 3. The number of amides is 1. The molecule has 0 saturated heterocycles. The number of halogens is 2. The molecule has 0 bridgehead atoms. The second kappa shape index (κ2) is 8.06. The van der Waals surface area contributed by atoms with Crippen molar-refractivity contribution in [3.63, 3.8) is 0 Å². The average molecular weight is 480 g/mol. The molecule has 1 aromatic heterocycles. The molecule has 0 saturated carbocycles. The fraction of sp³-hybridized carbons (Fsp3) is 0.0800. The fourth-order valence-electron chi connectivity index (χ4n) is 4.07. The lowest BCUT2D eigenvalue weighted by Crippen LogP contribution is -2.29. The number of anilines is 1. The minimum absolute atomic E-state index is 0.0446. The molecule has 1 unspecified atom stereocenters. The van der Waals surface area contributed by atoms with E-state index in [4.69, 9.17) is 32.4 Å². The van der Waals surface area contributed by atoms with Gasteiger partial charge >= 0.3 is 5.97 Å². The number of rotatable bonds is 3. The fourth-order valence-corrected chi connectivity index (χ4v) is 4.43. The van der Waals surface area contributed by atoms with Gasteiger partial charge in [0, 0.05) is 15.7 Å². The maximum absolute atomic E-state index is 13.6. The van der Waals surface area contributed by atoms with Crippen LogP contribution in [-0.2, 0) is 4.74 Å². The quantitative estimate of drug-likeness (QED) is 0.355. The predicted molar refractivity (Wildman–Crippen MR) is 125 cm³/mol. The summed E-state index contributed by atoms with van der Waals surface area (Å²) >= 11 is 12.3. The zero-order valence-corrected chi connectivity index (χ0v) is 18.7. The highest BCUT2D eigenvalue weighted by molar-refractivity contribution is 6.31. The van der Waals surface area contributed by atoms with Crippen molar-refractivity contribution in [2.75, 3.05) is 12.0 Å². The number of fused-ring (bicyclic) bond motifs is 2. The van der Waals surface area contributed by atoms with Crippen LogP contribution in [0.3, 0.4) is 0 Å². The van der Waals surface area contributed by atoms with Crippen LogP contribution < -0.4 is 10.3 Å². The Hall–Kier alpha value is -3.61. The number of hydrogen-bond acceptors (Lipinski definition) is 5. The molecule has 1 amide bonds. The van der Waals surface area contributed by atoms with E-state index < -0.39 is 17.9 Å². The topological polar surface area (TPSA) is 76.8 Å². The van der Waals surface area contributed by atoms with Crippen molar-refractivity contribution in [1.82, 2.24) is 0 Å². The summed E-state index contributed by atoms with van der Waals surface area (Å²) in [6.45, 7) is 0. The smallest absolute Gasteiger partial charge is 0.337 e. The van der Waals surface area contributed by atoms with Crippen LogP contribution in [0.2, 0.25) is 10.0 Å². The summed E-state index contributed by atoms with van der Waals surface area (Å²) in [5.41, 5.74) is 1.57. The zero-order valence-electron chi connectivity index (χ0n) is 17.2. The first-order valence-electron chi connectivity index (χ1n) is 9.92. The molecule has 6 nitrogen and oxygen atoms in total. The van der Waals surface area contributed by atoms with Gasteiger partial charge in [-0.15, -0.1) is 0 Å². The normalized spacial score (nSPS) is 15.1. The molecule has 2 heterocycles. The van der Waals surface area contributed by atoms with Gasteiger partial charge in [0.05, 0.1) is 29.7 Å². The molecular weight excluding hydrogens is 465 g/mol. The van der Waals surface area contributed by atoms with Crippen molar-refractivity contribution in [1.29, 1.82) is 0 Å². The predicted octanol–water partition coefficient (Wildman–Crippen LogP) is 5.64. The van der Waals surface area contributed by atoms with E-state index in [9.17, 15) is 14.4 Å². The Balaban J connectivity index is 1.77. The lowest BCUT2D eigenvalue weighted by molar-refractivity contribution is 0.0600. The molecule has 0 aliphatic carbocycles. The largest absolute Gasteiger partial charge is 0.465 e. The Morgan fingerprint density at radius 2 is 1.70 bits per heavy atom. The average Bonchev–Trinajstić information content (AvgIpc) is 3.11. The number of nitrogens with zero attached hydrogens (tertiary/aromatic N) is 1. The van der Waals surface area contributed by atoms with Gasteiger partial charge in [-0.25, -0.2) is 4.79 Å². The number of methoxy groups -OCH3 is 1. The Bertz CT molecular complexity index is 1490. The second-order valence-corrected chi connectivity index (χ2v) is 8.36. The van der Waals surface area contributed by atoms with Gasteiger partial charge in [-0.2, -0.15) is 0 Å². The molecule has 8 heteroatoms. The third kappa shape index (κ3) is 3.48. The molecule has 0 spiro atoms. The summed E-state index contributed by atoms with van der Waals surface area (Å²) in [7, 11) is 1.30.